The van der Waals surface area contributed by atoms with Gasteiger partial charge >= 0.3 is 6.18 Å². The summed E-state index contributed by atoms with van der Waals surface area (Å²) in [5.74, 6) is 4.90. The van der Waals surface area contributed by atoms with Crippen molar-refractivity contribution in [3.63, 3.8) is 0 Å². The number of nitrogens with one attached hydrogen (secondary N) is 1. The van der Waals surface area contributed by atoms with Crippen LogP contribution in [0.25, 0.3) is 0 Å². The minimum absolute atomic E-state index is 0.152. The Bertz CT molecular complexity index is 361. The van der Waals surface area contributed by atoms with Crippen molar-refractivity contribution < 1.29 is 13.2 Å². The molecule has 1 aromatic rings. The average Bonchev–Trinajstić information content (AvgIpc) is 2.18. The Morgan fingerprint density at radius 2 is 1.88 bits per heavy atom. The molecule has 1 atom stereocenters. The fourth-order valence-electron chi connectivity index (χ4n) is 1.44. The van der Waals surface area contributed by atoms with Gasteiger partial charge < -0.3 is 0 Å². The number of alkyl halides is 3. The Kier molecular flexibility index (Phi) is 3.93. The molecule has 0 aliphatic heterocycles. The van der Waals surface area contributed by atoms with Gasteiger partial charge in [0.25, 0.3) is 0 Å². The highest BCUT2D eigenvalue weighted by molar-refractivity contribution is 5.30. The first-order valence-corrected chi connectivity index (χ1v) is 4.93. The van der Waals surface area contributed by atoms with Gasteiger partial charge in [-0.15, -0.1) is 0 Å². The normalized spacial score (nSPS) is 13.9. The number of hydrogen-bond acceptors (Lipinski definition) is 2. The van der Waals surface area contributed by atoms with Crippen molar-refractivity contribution in [2.24, 2.45) is 5.84 Å². The Hall–Kier alpha value is -1.07. The van der Waals surface area contributed by atoms with Crippen molar-refractivity contribution in [3.05, 3.63) is 34.9 Å². The highest BCUT2D eigenvalue weighted by atomic mass is 19.4. The standard InChI is InChI=1S/C11H15F3N2/c1-7-3-4-9(5-8(7)2)6-10(16-15)11(12,13)14/h3-5,10,16H,6,15H2,1-2H3. The average molecular weight is 232 g/mol. The summed E-state index contributed by atoms with van der Waals surface area (Å²) in [5, 5.41) is 0. The zero-order chi connectivity index (χ0) is 12.3. The van der Waals surface area contributed by atoms with E-state index in [0.717, 1.165) is 11.1 Å². The van der Waals surface area contributed by atoms with E-state index in [0.29, 0.717) is 5.56 Å². The lowest BCUT2D eigenvalue weighted by Gasteiger charge is -2.19. The molecular weight excluding hydrogens is 217 g/mol. The number of hydrogen-bond donors (Lipinski definition) is 2. The van der Waals surface area contributed by atoms with E-state index in [1.165, 1.54) is 0 Å². The minimum Gasteiger partial charge on any atom is -0.271 e. The van der Waals surface area contributed by atoms with Crippen molar-refractivity contribution in [3.8, 4) is 0 Å². The summed E-state index contributed by atoms with van der Waals surface area (Å²) in [7, 11) is 0. The molecule has 0 aliphatic carbocycles. The lowest BCUT2D eigenvalue weighted by molar-refractivity contribution is -0.155. The van der Waals surface area contributed by atoms with Gasteiger partial charge in [0.1, 0.15) is 6.04 Å². The van der Waals surface area contributed by atoms with Gasteiger partial charge in [0.2, 0.25) is 0 Å². The van der Waals surface area contributed by atoms with E-state index < -0.39 is 12.2 Å². The van der Waals surface area contributed by atoms with E-state index in [1.807, 2.05) is 19.9 Å². The van der Waals surface area contributed by atoms with Crippen LogP contribution in [0, 0.1) is 13.8 Å². The highest BCUT2D eigenvalue weighted by Gasteiger charge is 2.38. The summed E-state index contributed by atoms with van der Waals surface area (Å²) < 4.78 is 37.3. The molecule has 1 rings (SSSR count). The molecule has 0 amide bonds. The van der Waals surface area contributed by atoms with Gasteiger partial charge in [-0.2, -0.15) is 13.2 Å². The molecule has 5 heteroatoms. The molecule has 2 nitrogen and oxygen atoms in total. The van der Waals surface area contributed by atoms with Gasteiger partial charge in [-0.25, -0.2) is 5.43 Å². The lowest BCUT2D eigenvalue weighted by atomic mass is 10.0. The van der Waals surface area contributed by atoms with E-state index in [9.17, 15) is 13.2 Å². The smallest absolute Gasteiger partial charge is 0.271 e. The van der Waals surface area contributed by atoms with Crippen LogP contribution in [0.15, 0.2) is 18.2 Å². The molecule has 1 unspecified atom stereocenters. The van der Waals surface area contributed by atoms with E-state index in [4.69, 9.17) is 5.84 Å². The van der Waals surface area contributed by atoms with E-state index in [1.54, 1.807) is 17.6 Å². The summed E-state index contributed by atoms with van der Waals surface area (Å²) in [6.07, 6.45) is -4.48. The molecule has 3 N–H and O–H groups in total. The van der Waals surface area contributed by atoms with Crippen molar-refractivity contribution in [2.45, 2.75) is 32.5 Å². The molecule has 0 aliphatic rings. The van der Waals surface area contributed by atoms with Gasteiger partial charge in [-0.3, -0.25) is 5.84 Å². The van der Waals surface area contributed by atoms with Crippen molar-refractivity contribution in [1.82, 2.24) is 5.43 Å². The lowest BCUT2D eigenvalue weighted by Crippen LogP contribution is -2.47. The number of aryl methyl sites for hydroxylation is 2. The molecule has 0 heterocycles. The summed E-state index contributed by atoms with van der Waals surface area (Å²) in [5.41, 5.74) is 4.47. The van der Waals surface area contributed by atoms with Crippen LogP contribution >= 0.6 is 0 Å². The Morgan fingerprint density at radius 1 is 1.25 bits per heavy atom. The van der Waals surface area contributed by atoms with Gasteiger partial charge in [-0.1, -0.05) is 18.2 Å². The van der Waals surface area contributed by atoms with Gasteiger partial charge in [0.15, 0.2) is 0 Å². The van der Waals surface area contributed by atoms with Crippen molar-refractivity contribution in [1.29, 1.82) is 0 Å². The minimum atomic E-state index is -4.33. The number of hydrazine groups is 1. The SMILES string of the molecule is Cc1ccc(CC(NN)C(F)(F)F)cc1C. The zero-order valence-electron chi connectivity index (χ0n) is 9.23. The van der Waals surface area contributed by atoms with Crippen LogP contribution in [0.3, 0.4) is 0 Å². The van der Waals surface area contributed by atoms with E-state index >= 15 is 0 Å². The third kappa shape index (κ3) is 3.21. The molecule has 16 heavy (non-hydrogen) atoms. The van der Waals surface area contributed by atoms with Crippen LogP contribution in [0.1, 0.15) is 16.7 Å². The second-order valence-corrected chi connectivity index (χ2v) is 3.88. The van der Waals surface area contributed by atoms with Gasteiger partial charge in [0, 0.05) is 0 Å². The fraction of sp³-hybridized carbons (Fsp3) is 0.455. The van der Waals surface area contributed by atoms with E-state index in [-0.39, 0.29) is 6.42 Å². The van der Waals surface area contributed by atoms with Crippen LogP contribution in [0.2, 0.25) is 0 Å². The maximum atomic E-state index is 12.4. The Labute approximate surface area is 92.6 Å². The summed E-state index contributed by atoms with van der Waals surface area (Å²) in [6, 6.07) is 3.56. The van der Waals surface area contributed by atoms with Gasteiger partial charge in [-0.05, 0) is 37.0 Å². The van der Waals surface area contributed by atoms with Crippen LogP contribution in [0.4, 0.5) is 13.2 Å². The second-order valence-electron chi connectivity index (χ2n) is 3.88. The van der Waals surface area contributed by atoms with Crippen molar-refractivity contribution in [2.75, 3.05) is 0 Å². The van der Waals surface area contributed by atoms with Crippen LogP contribution in [-0.2, 0) is 6.42 Å². The second kappa shape index (κ2) is 4.84. The highest BCUT2D eigenvalue weighted by Crippen LogP contribution is 2.23. The Balaban J connectivity index is 2.83. The van der Waals surface area contributed by atoms with Crippen molar-refractivity contribution >= 4 is 0 Å². The van der Waals surface area contributed by atoms with Crippen LogP contribution < -0.4 is 11.3 Å². The maximum Gasteiger partial charge on any atom is 0.405 e. The topological polar surface area (TPSA) is 38.0 Å². The molecule has 0 saturated heterocycles. The molecule has 90 valence electrons. The summed E-state index contributed by atoms with van der Waals surface area (Å²) in [4.78, 5) is 0. The molecular formula is C11H15F3N2. The third-order valence-electron chi connectivity index (χ3n) is 2.61. The molecule has 0 saturated carbocycles. The predicted octanol–water partition coefficient (Wildman–Crippen LogP) is 2.24. The first-order chi connectivity index (χ1) is 7.34. The first-order valence-electron chi connectivity index (χ1n) is 4.93. The largest absolute Gasteiger partial charge is 0.405 e. The van der Waals surface area contributed by atoms with Crippen LogP contribution in [0.5, 0.6) is 0 Å². The maximum absolute atomic E-state index is 12.4. The summed E-state index contributed by atoms with van der Waals surface area (Å²) in [6.45, 7) is 3.79. The molecule has 0 fully saturated rings. The van der Waals surface area contributed by atoms with Crippen LogP contribution in [-0.4, -0.2) is 12.2 Å². The predicted molar refractivity (Wildman–Crippen MR) is 56.8 cm³/mol. The van der Waals surface area contributed by atoms with E-state index in [2.05, 4.69) is 0 Å². The summed E-state index contributed by atoms with van der Waals surface area (Å²) >= 11 is 0. The molecule has 0 aromatic heterocycles. The zero-order valence-corrected chi connectivity index (χ0v) is 9.23. The molecule has 0 spiro atoms. The monoisotopic (exact) mass is 232 g/mol. The number of nitrogens with two attached hydrogens (primary N) is 1. The Morgan fingerprint density at radius 3 is 2.31 bits per heavy atom. The first kappa shape index (κ1) is 13.0. The number of benzene rings is 1. The molecule has 0 bridgehead atoms. The quantitative estimate of drug-likeness (QED) is 0.619. The number of rotatable bonds is 3. The fourth-order valence-corrected chi connectivity index (χ4v) is 1.44. The van der Waals surface area contributed by atoms with Gasteiger partial charge in [0.05, 0.1) is 0 Å². The third-order valence-corrected chi connectivity index (χ3v) is 2.61. The number of halogens is 3. The molecule has 1 aromatic carbocycles. The molecule has 0 radical (unpaired) electrons.